The molecule has 0 atom stereocenters. The molecule has 0 N–H and O–H groups in total. The molecule has 3 aliphatic rings. The second kappa shape index (κ2) is 9.10. The van der Waals surface area contributed by atoms with Gasteiger partial charge < -0.3 is 9.64 Å². The van der Waals surface area contributed by atoms with E-state index < -0.39 is 0 Å². The first-order chi connectivity index (χ1) is 15.7. The van der Waals surface area contributed by atoms with E-state index in [9.17, 15) is 4.79 Å². The van der Waals surface area contributed by atoms with Gasteiger partial charge in [0.2, 0.25) is 5.91 Å². The Balaban J connectivity index is 1.51. The predicted molar refractivity (Wildman–Crippen MR) is 125 cm³/mol. The Morgan fingerprint density at radius 1 is 1.25 bits per heavy atom. The van der Waals surface area contributed by atoms with Gasteiger partial charge in [-0.05, 0) is 37.8 Å². The maximum Gasteiger partial charge on any atom is 0.226 e. The summed E-state index contributed by atoms with van der Waals surface area (Å²) in [6.45, 7) is 7.24. The Kier molecular flexibility index (Phi) is 6.05. The molecule has 0 radical (unpaired) electrons. The van der Waals surface area contributed by atoms with Crippen LogP contribution in [0.2, 0.25) is 0 Å². The molecule has 0 saturated heterocycles. The molecule has 1 aromatic carbocycles. The highest BCUT2D eigenvalue weighted by Crippen LogP contribution is 2.36. The van der Waals surface area contributed by atoms with E-state index in [0.717, 1.165) is 68.9 Å². The highest BCUT2D eigenvalue weighted by molar-refractivity contribution is 5.79. The zero-order valence-electron chi connectivity index (χ0n) is 19.1. The average molecular weight is 435 g/mol. The smallest absolute Gasteiger partial charge is 0.226 e. The van der Waals surface area contributed by atoms with Crippen molar-refractivity contribution >= 4 is 5.91 Å². The highest BCUT2D eigenvalue weighted by Gasteiger charge is 2.38. The van der Waals surface area contributed by atoms with E-state index in [0.29, 0.717) is 18.5 Å². The molecule has 2 saturated carbocycles. The Labute approximate surface area is 190 Å². The number of carbonyl (C=O) groups is 1. The number of hydrogen-bond acceptors (Lipinski definition) is 4. The van der Waals surface area contributed by atoms with Gasteiger partial charge in [0.1, 0.15) is 11.4 Å². The van der Waals surface area contributed by atoms with Gasteiger partial charge in [-0.1, -0.05) is 31.1 Å². The molecule has 0 unspecified atom stereocenters. The summed E-state index contributed by atoms with van der Waals surface area (Å²) in [5.41, 5.74) is 4.52. The maximum atomic E-state index is 13.4. The molecular weight excluding hydrogens is 400 g/mol. The second-order valence-electron chi connectivity index (χ2n) is 9.41. The Morgan fingerprint density at radius 3 is 2.75 bits per heavy atom. The quantitative estimate of drug-likeness (QED) is 0.587. The minimum atomic E-state index is 0.208. The van der Waals surface area contributed by atoms with Crippen LogP contribution in [0.25, 0.3) is 5.69 Å². The molecule has 2 aliphatic carbocycles. The number of benzene rings is 1. The first kappa shape index (κ1) is 21.3. The van der Waals surface area contributed by atoms with Gasteiger partial charge in [0.05, 0.1) is 25.0 Å². The lowest BCUT2D eigenvalue weighted by Crippen LogP contribution is -2.37. The molecule has 6 heteroatoms. The summed E-state index contributed by atoms with van der Waals surface area (Å²) >= 11 is 0. The lowest BCUT2D eigenvalue weighted by Gasteiger charge is -2.28. The predicted octanol–water partition coefficient (Wildman–Crippen LogP) is 4.11. The molecular formula is C26H34N4O2. The standard InChI is InChI=1S/C26H34N4O2/c1-3-15-28-16-14-23-21(17-28)22(27-30(23)24-10-6-7-11-25(24)32-2)18-29(20-12-13-20)26(31)19-8-4-5-9-19/h3,6-7,10-11,19-20H,1,4-5,8-9,12-18H2,2H3. The molecule has 6 nitrogen and oxygen atoms in total. The Morgan fingerprint density at radius 2 is 2.03 bits per heavy atom. The molecule has 0 bridgehead atoms. The minimum absolute atomic E-state index is 0.208. The number of hydrogen-bond donors (Lipinski definition) is 0. The fourth-order valence-corrected chi connectivity index (χ4v) is 5.35. The summed E-state index contributed by atoms with van der Waals surface area (Å²) in [5, 5.41) is 5.11. The zero-order chi connectivity index (χ0) is 22.1. The molecule has 170 valence electrons. The number of para-hydroxylation sites is 2. The molecule has 1 amide bonds. The number of aromatic nitrogens is 2. The van der Waals surface area contributed by atoms with Crippen molar-refractivity contribution in [1.29, 1.82) is 0 Å². The summed E-state index contributed by atoms with van der Waals surface area (Å²) in [6.07, 6.45) is 9.59. The molecule has 0 spiro atoms. The number of nitrogens with zero attached hydrogens (tertiary/aromatic N) is 4. The highest BCUT2D eigenvalue weighted by atomic mass is 16.5. The van der Waals surface area contributed by atoms with E-state index in [1.807, 2.05) is 24.3 Å². The summed E-state index contributed by atoms with van der Waals surface area (Å²) in [7, 11) is 1.70. The summed E-state index contributed by atoms with van der Waals surface area (Å²) in [4.78, 5) is 18.0. The number of fused-ring (bicyclic) bond motifs is 1. The van der Waals surface area contributed by atoms with Gasteiger partial charge in [0.25, 0.3) is 0 Å². The van der Waals surface area contributed by atoms with Crippen molar-refractivity contribution in [3.8, 4) is 11.4 Å². The number of ether oxygens (including phenoxy) is 1. The Bertz CT molecular complexity index is 988. The normalized spacial score (nSPS) is 19.0. The van der Waals surface area contributed by atoms with Crippen LogP contribution in [-0.4, -0.2) is 51.7 Å². The van der Waals surface area contributed by atoms with Crippen molar-refractivity contribution in [3.05, 3.63) is 53.9 Å². The largest absolute Gasteiger partial charge is 0.494 e. The van der Waals surface area contributed by atoms with E-state index in [-0.39, 0.29) is 5.92 Å². The first-order valence-electron chi connectivity index (χ1n) is 12.1. The SMILES string of the molecule is C=CCN1CCc2c(c(CN(C(=O)C3CCCC3)C3CC3)nn2-c2ccccc2OC)C1. The molecule has 1 aliphatic heterocycles. The van der Waals surface area contributed by atoms with Crippen molar-refractivity contribution in [2.45, 2.75) is 64.1 Å². The number of amides is 1. The third-order valence-electron chi connectivity index (χ3n) is 7.22. The summed E-state index contributed by atoms with van der Waals surface area (Å²) in [6, 6.07) is 8.45. The van der Waals surface area contributed by atoms with Crippen molar-refractivity contribution in [1.82, 2.24) is 19.6 Å². The van der Waals surface area contributed by atoms with Crippen LogP contribution in [0.3, 0.4) is 0 Å². The van der Waals surface area contributed by atoms with Gasteiger partial charge in [-0.25, -0.2) is 4.68 Å². The van der Waals surface area contributed by atoms with Crippen LogP contribution in [-0.2, 0) is 24.3 Å². The van der Waals surface area contributed by atoms with Crippen LogP contribution < -0.4 is 4.74 Å². The van der Waals surface area contributed by atoms with Crippen LogP contribution in [0, 0.1) is 5.92 Å². The van der Waals surface area contributed by atoms with Gasteiger partial charge >= 0.3 is 0 Å². The lowest BCUT2D eigenvalue weighted by atomic mass is 10.0. The first-order valence-corrected chi connectivity index (χ1v) is 12.1. The molecule has 32 heavy (non-hydrogen) atoms. The molecule has 2 fully saturated rings. The van der Waals surface area contributed by atoms with E-state index in [1.165, 1.54) is 24.1 Å². The molecule has 2 heterocycles. The van der Waals surface area contributed by atoms with E-state index in [2.05, 4.69) is 27.1 Å². The topological polar surface area (TPSA) is 50.6 Å². The van der Waals surface area contributed by atoms with Crippen LogP contribution in [0.15, 0.2) is 36.9 Å². The molecule has 2 aromatic rings. The van der Waals surface area contributed by atoms with E-state index in [1.54, 1.807) is 7.11 Å². The van der Waals surface area contributed by atoms with Gasteiger partial charge in [-0.3, -0.25) is 9.69 Å². The van der Waals surface area contributed by atoms with Crippen molar-refractivity contribution in [2.24, 2.45) is 5.92 Å². The number of carbonyl (C=O) groups excluding carboxylic acids is 1. The average Bonchev–Trinajstić information content (AvgIpc) is 3.38. The van der Waals surface area contributed by atoms with Crippen LogP contribution >= 0.6 is 0 Å². The van der Waals surface area contributed by atoms with Crippen LogP contribution in [0.1, 0.15) is 55.5 Å². The fraction of sp³-hybridized carbons (Fsp3) is 0.538. The van der Waals surface area contributed by atoms with Crippen LogP contribution in [0.5, 0.6) is 5.75 Å². The van der Waals surface area contributed by atoms with Crippen molar-refractivity contribution in [3.63, 3.8) is 0 Å². The monoisotopic (exact) mass is 434 g/mol. The van der Waals surface area contributed by atoms with Crippen LogP contribution in [0.4, 0.5) is 0 Å². The van der Waals surface area contributed by atoms with Crippen molar-refractivity contribution in [2.75, 3.05) is 20.2 Å². The van der Waals surface area contributed by atoms with Crippen molar-refractivity contribution < 1.29 is 9.53 Å². The molecule has 5 rings (SSSR count). The number of methoxy groups -OCH3 is 1. The van der Waals surface area contributed by atoms with Gasteiger partial charge in [-0.15, -0.1) is 6.58 Å². The Hall–Kier alpha value is -2.60. The fourth-order valence-electron chi connectivity index (χ4n) is 5.35. The van der Waals surface area contributed by atoms with Gasteiger partial charge in [0.15, 0.2) is 0 Å². The maximum absolute atomic E-state index is 13.4. The minimum Gasteiger partial charge on any atom is -0.494 e. The zero-order valence-corrected chi connectivity index (χ0v) is 19.1. The van der Waals surface area contributed by atoms with E-state index >= 15 is 0 Å². The van der Waals surface area contributed by atoms with E-state index in [4.69, 9.17) is 9.84 Å². The third kappa shape index (κ3) is 4.08. The summed E-state index contributed by atoms with van der Waals surface area (Å²) in [5.74, 6) is 1.38. The second-order valence-corrected chi connectivity index (χ2v) is 9.41. The molecule has 1 aromatic heterocycles. The third-order valence-corrected chi connectivity index (χ3v) is 7.22. The lowest BCUT2D eigenvalue weighted by molar-refractivity contribution is -0.136. The summed E-state index contributed by atoms with van der Waals surface area (Å²) < 4.78 is 7.72. The van der Waals surface area contributed by atoms with Gasteiger partial charge in [0, 0.05) is 43.6 Å². The van der Waals surface area contributed by atoms with Gasteiger partial charge in [-0.2, -0.15) is 5.10 Å². The number of rotatable bonds is 8.